The monoisotopic (exact) mass is 441 g/mol. The van der Waals surface area contributed by atoms with Crippen LogP contribution < -0.4 is 9.64 Å². The number of hydrogen-bond donors (Lipinski definition) is 0. The third-order valence-electron chi connectivity index (χ3n) is 6.12. The molecule has 2 aromatic rings. The van der Waals surface area contributed by atoms with E-state index in [2.05, 4.69) is 9.80 Å². The molecule has 2 saturated heterocycles. The van der Waals surface area contributed by atoms with Crippen LogP contribution in [0.25, 0.3) is 0 Å². The Morgan fingerprint density at radius 1 is 0.968 bits per heavy atom. The van der Waals surface area contributed by atoms with Gasteiger partial charge in [0, 0.05) is 37.7 Å². The van der Waals surface area contributed by atoms with Crippen molar-refractivity contribution in [2.24, 2.45) is 0 Å². The van der Waals surface area contributed by atoms with Gasteiger partial charge in [-0.05, 0) is 49.2 Å². The van der Waals surface area contributed by atoms with Gasteiger partial charge in [-0.2, -0.15) is 0 Å². The Hall–Kier alpha value is -2.41. The van der Waals surface area contributed by atoms with Gasteiger partial charge < -0.3 is 4.74 Å². The fourth-order valence-corrected chi connectivity index (χ4v) is 4.54. The average molecular weight is 442 g/mol. The van der Waals surface area contributed by atoms with Gasteiger partial charge in [0.2, 0.25) is 5.91 Å². The number of hydrogen-bond acceptors (Lipinski definition) is 5. The SMILES string of the molecule is Cc1cccc(C)c1N1C(=O)CC(N2CCN(CCOc3ccc(Cl)cc3)CC2)C1=O. The maximum Gasteiger partial charge on any atom is 0.251 e. The van der Waals surface area contributed by atoms with Crippen LogP contribution in [0.2, 0.25) is 5.02 Å². The Bertz CT molecular complexity index is 935. The maximum atomic E-state index is 13.2. The van der Waals surface area contributed by atoms with Crippen LogP contribution in [0.1, 0.15) is 17.5 Å². The lowest BCUT2D eigenvalue weighted by molar-refractivity contribution is -0.123. The molecule has 6 nitrogen and oxygen atoms in total. The number of nitrogens with zero attached hydrogens (tertiary/aromatic N) is 3. The van der Waals surface area contributed by atoms with Crippen molar-refractivity contribution in [1.82, 2.24) is 9.80 Å². The molecule has 0 radical (unpaired) electrons. The van der Waals surface area contributed by atoms with Crippen molar-refractivity contribution in [1.29, 1.82) is 0 Å². The lowest BCUT2D eigenvalue weighted by Crippen LogP contribution is -2.53. The summed E-state index contributed by atoms with van der Waals surface area (Å²) >= 11 is 5.90. The van der Waals surface area contributed by atoms with Gasteiger partial charge in [0.1, 0.15) is 12.4 Å². The largest absolute Gasteiger partial charge is 0.492 e. The van der Waals surface area contributed by atoms with Crippen LogP contribution in [0, 0.1) is 13.8 Å². The van der Waals surface area contributed by atoms with Crippen LogP contribution >= 0.6 is 11.6 Å². The standard InChI is InChI=1S/C24H28ClN3O3/c1-17-4-3-5-18(2)23(17)28-22(29)16-21(24(28)30)27-12-10-26(11-13-27)14-15-31-20-8-6-19(25)7-9-20/h3-9,21H,10-16H2,1-2H3. The zero-order chi connectivity index (χ0) is 22.0. The number of piperazine rings is 1. The van der Waals surface area contributed by atoms with E-state index in [1.165, 1.54) is 4.90 Å². The number of anilines is 1. The van der Waals surface area contributed by atoms with Crippen LogP contribution in [0.4, 0.5) is 5.69 Å². The zero-order valence-corrected chi connectivity index (χ0v) is 18.8. The Kier molecular flexibility index (Phi) is 6.60. The van der Waals surface area contributed by atoms with Gasteiger partial charge in [-0.25, -0.2) is 4.90 Å². The number of carbonyl (C=O) groups is 2. The number of halogens is 1. The minimum Gasteiger partial charge on any atom is -0.492 e. The van der Waals surface area contributed by atoms with Gasteiger partial charge in [-0.1, -0.05) is 29.8 Å². The van der Waals surface area contributed by atoms with Crippen LogP contribution in [-0.4, -0.2) is 67.0 Å². The molecule has 2 heterocycles. The summed E-state index contributed by atoms with van der Waals surface area (Å²) in [5.41, 5.74) is 2.65. The molecule has 1 atom stereocenters. The molecule has 0 bridgehead atoms. The Labute approximate surface area is 188 Å². The van der Waals surface area contributed by atoms with Crippen molar-refractivity contribution < 1.29 is 14.3 Å². The normalized spacial score (nSPS) is 20.5. The number of aryl methyl sites for hydroxylation is 2. The number of benzene rings is 2. The summed E-state index contributed by atoms with van der Waals surface area (Å²) in [6.45, 7) is 8.56. The van der Waals surface area contributed by atoms with Gasteiger partial charge in [0.05, 0.1) is 18.2 Å². The first-order valence-corrected chi connectivity index (χ1v) is 11.1. The molecule has 2 aliphatic rings. The topological polar surface area (TPSA) is 53.1 Å². The third-order valence-corrected chi connectivity index (χ3v) is 6.38. The smallest absolute Gasteiger partial charge is 0.251 e. The number of carbonyl (C=O) groups excluding carboxylic acids is 2. The van der Waals surface area contributed by atoms with E-state index in [1.54, 1.807) is 0 Å². The highest BCUT2D eigenvalue weighted by Gasteiger charge is 2.44. The molecule has 2 aromatic carbocycles. The van der Waals surface area contributed by atoms with Crippen LogP contribution in [-0.2, 0) is 9.59 Å². The molecule has 2 fully saturated rings. The van der Waals surface area contributed by atoms with E-state index in [9.17, 15) is 9.59 Å². The summed E-state index contributed by atoms with van der Waals surface area (Å²) in [5.74, 6) is 0.609. The summed E-state index contributed by atoms with van der Waals surface area (Å²) < 4.78 is 5.79. The predicted molar refractivity (Wildman–Crippen MR) is 122 cm³/mol. The van der Waals surface area contributed by atoms with Crippen molar-refractivity contribution in [3.05, 3.63) is 58.6 Å². The first-order valence-electron chi connectivity index (χ1n) is 10.7. The molecule has 31 heavy (non-hydrogen) atoms. The molecule has 2 aliphatic heterocycles. The first kappa shape index (κ1) is 21.8. The molecule has 0 aliphatic carbocycles. The van der Waals surface area contributed by atoms with E-state index in [0.717, 1.165) is 55.3 Å². The maximum absolute atomic E-state index is 13.2. The highest BCUT2D eigenvalue weighted by molar-refractivity contribution is 6.30. The molecule has 0 aromatic heterocycles. The van der Waals surface area contributed by atoms with Crippen molar-refractivity contribution in [3.63, 3.8) is 0 Å². The van der Waals surface area contributed by atoms with Crippen molar-refractivity contribution >= 4 is 29.1 Å². The second-order valence-electron chi connectivity index (χ2n) is 8.21. The molecular formula is C24H28ClN3O3. The Morgan fingerprint density at radius 2 is 1.61 bits per heavy atom. The van der Waals surface area contributed by atoms with E-state index >= 15 is 0 Å². The van der Waals surface area contributed by atoms with E-state index < -0.39 is 0 Å². The molecule has 1 unspecified atom stereocenters. The molecule has 2 amide bonds. The minimum atomic E-state index is -0.362. The fourth-order valence-electron chi connectivity index (χ4n) is 4.42. The molecule has 164 valence electrons. The van der Waals surface area contributed by atoms with Crippen LogP contribution in [0.5, 0.6) is 5.75 Å². The number of imide groups is 1. The summed E-state index contributed by atoms with van der Waals surface area (Å²) in [5, 5.41) is 0.694. The van der Waals surface area contributed by atoms with Crippen molar-refractivity contribution in [2.45, 2.75) is 26.3 Å². The van der Waals surface area contributed by atoms with Crippen LogP contribution in [0.15, 0.2) is 42.5 Å². The summed E-state index contributed by atoms with van der Waals surface area (Å²) in [6, 6.07) is 12.8. The van der Waals surface area contributed by atoms with Crippen molar-refractivity contribution in [2.75, 3.05) is 44.2 Å². The molecular weight excluding hydrogens is 414 g/mol. The second kappa shape index (κ2) is 9.39. The molecule has 0 spiro atoms. The Morgan fingerprint density at radius 3 is 2.26 bits per heavy atom. The highest BCUT2D eigenvalue weighted by atomic mass is 35.5. The summed E-state index contributed by atoms with van der Waals surface area (Å²) in [7, 11) is 0. The first-order chi connectivity index (χ1) is 14.9. The Balaban J connectivity index is 1.30. The van der Waals surface area contributed by atoms with Crippen molar-refractivity contribution in [3.8, 4) is 5.75 Å². The zero-order valence-electron chi connectivity index (χ0n) is 18.0. The summed E-state index contributed by atoms with van der Waals surface area (Å²) in [6.07, 6.45) is 0.256. The van der Waals surface area contributed by atoms with Crippen LogP contribution in [0.3, 0.4) is 0 Å². The van der Waals surface area contributed by atoms with Gasteiger partial charge in [-0.3, -0.25) is 19.4 Å². The number of ether oxygens (including phenoxy) is 1. The third kappa shape index (κ3) is 4.76. The molecule has 7 heteroatoms. The van der Waals surface area contributed by atoms with Gasteiger partial charge in [0.15, 0.2) is 0 Å². The molecule has 0 N–H and O–H groups in total. The molecule has 0 saturated carbocycles. The van der Waals surface area contributed by atoms with Gasteiger partial charge >= 0.3 is 0 Å². The number of rotatable bonds is 6. The highest BCUT2D eigenvalue weighted by Crippen LogP contribution is 2.31. The minimum absolute atomic E-state index is 0.0954. The fraction of sp³-hybridized carbons (Fsp3) is 0.417. The lowest BCUT2D eigenvalue weighted by atomic mass is 10.1. The molecule has 4 rings (SSSR count). The number of amides is 2. The van der Waals surface area contributed by atoms with E-state index in [0.29, 0.717) is 11.6 Å². The van der Waals surface area contributed by atoms with E-state index in [-0.39, 0.29) is 24.3 Å². The van der Waals surface area contributed by atoms with E-state index in [4.69, 9.17) is 16.3 Å². The second-order valence-corrected chi connectivity index (χ2v) is 8.64. The number of para-hydroxylation sites is 1. The van der Waals surface area contributed by atoms with Gasteiger partial charge in [-0.15, -0.1) is 0 Å². The summed E-state index contributed by atoms with van der Waals surface area (Å²) in [4.78, 5) is 31.8. The lowest BCUT2D eigenvalue weighted by Gasteiger charge is -2.37. The average Bonchev–Trinajstić information content (AvgIpc) is 3.04. The van der Waals surface area contributed by atoms with E-state index in [1.807, 2.05) is 56.3 Å². The quantitative estimate of drug-likeness (QED) is 0.644. The predicted octanol–water partition coefficient (Wildman–Crippen LogP) is 3.29. The van der Waals surface area contributed by atoms with Gasteiger partial charge in [0.25, 0.3) is 5.91 Å².